The van der Waals surface area contributed by atoms with Crippen LogP contribution >= 0.6 is 11.6 Å². The Labute approximate surface area is 333 Å². The summed E-state index contributed by atoms with van der Waals surface area (Å²) in [5, 5.41) is 6.21. The average Bonchev–Trinajstić information content (AvgIpc) is 3.18. The van der Waals surface area contributed by atoms with Gasteiger partial charge in [0.1, 0.15) is 11.8 Å². The van der Waals surface area contributed by atoms with Gasteiger partial charge in [-0.25, -0.2) is 4.79 Å². The summed E-state index contributed by atoms with van der Waals surface area (Å²) in [6.07, 6.45) is 34.2. The Kier molecular flexibility index (Phi) is 23.2. The molecular formula is C46H59ClN2O6. The first kappa shape index (κ1) is 46.2. The molecule has 2 N–H and O–H groups in total. The summed E-state index contributed by atoms with van der Waals surface area (Å²) in [5.41, 5.74) is -0.361. The predicted molar refractivity (Wildman–Crippen MR) is 224 cm³/mol. The van der Waals surface area contributed by atoms with E-state index in [4.69, 9.17) is 21.1 Å². The molecule has 0 aliphatic rings. The van der Waals surface area contributed by atoms with Crippen molar-refractivity contribution in [3.63, 3.8) is 0 Å². The van der Waals surface area contributed by atoms with Gasteiger partial charge in [0.2, 0.25) is 5.91 Å². The van der Waals surface area contributed by atoms with Crippen molar-refractivity contribution < 1.29 is 28.7 Å². The molecule has 0 aromatic heterocycles. The van der Waals surface area contributed by atoms with Crippen LogP contribution < -0.4 is 15.4 Å². The lowest BCUT2D eigenvalue weighted by atomic mass is 10.0. The quantitative estimate of drug-likeness (QED) is 0.0427. The van der Waals surface area contributed by atoms with Crippen molar-refractivity contribution >= 4 is 35.2 Å². The molecule has 0 bridgehead atoms. The highest BCUT2D eigenvalue weighted by molar-refractivity contribution is 6.30. The van der Waals surface area contributed by atoms with Crippen LogP contribution in [0.3, 0.4) is 0 Å². The van der Waals surface area contributed by atoms with Crippen molar-refractivity contribution in [3.8, 4) is 5.75 Å². The highest BCUT2D eigenvalue weighted by atomic mass is 35.5. The number of ether oxygens (including phenoxy) is 2. The summed E-state index contributed by atoms with van der Waals surface area (Å²) in [7, 11) is 1.27. The number of hydrogen-bond acceptors (Lipinski definition) is 6. The number of rotatable bonds is 26. The molecule has 2 aromatic carbocycles. The number of allylic oxidation sites excluding steroid dienone is 12. The van der Waals surface area contributed by atoms with E-state index in [0.717, 1.165) is 38.5 Å². The third-order valence-corrected chi connectivity index (χ3v) is 8.56. The summed E-state index contributed by atoms with van der Waals surface area (Å²) in [5.74, 6) is -0.860. The maximum atomic E-state index is 13.2. The number of halogens is 1. The molecule has 2 aromatic rings. The van der Waals surface area contributed by atoms with Gasteiger partial charge in [0, 0.05) is 29.1 Å². The monoisotopic (exact) mass is 770 g/mol. The number of benzene rings is 2. The van der Waals surface area contributed by atoms with Crippen molar-refractivity contribution in [1.29, 1.82) is 0 Å². The molecule has 0 saturated carbocycles. The maximum Gasteiger partial charge on any atom is 0.328 e. The fourth-order valence-electron chi connectivity index (χ4n) is 5.15. The van der Waals surface area contributed by atoms with E-state index < -0.39 is 23.5 Å². The number of unbranched alkanes of at least 4 members (excludes halogenated alkanes) is 1. The topological polar surface area (TPSA) is 111 Å². The lowest BCUT2D eigenvalue weighted by Gasteiger charge is -2.27. The van der Waals surface area contributed by atoms with E-state index in [2.05, 4.69) is 84.4 Å². The van der Waals surface area contributed by atoms with Crippen molar-refractivity contribution in [1.82, 2.24) is 10.6 Å². The molecule has 8 nitrogen and oxygen atoms in total. The van der Waals surface area contributed by atoms with E-state index in [1.807, 2.05) is 6.08 Å². The zero-order chi connectivity index (χ0) is 40.2. The SMILES string of the molecule is CCC=CCC=CCC=CCC=CCC=CCC=CCCC(=O)NCCCCC(NC(=O)C(C)(C)Oc1ccc(C(=O)c2ccc(Cl)cc2)cc1)C(=O)OC. The molecule has 1 atom stereocenters. The van der Waals surface area contributed by atoms with Gasteiger partial charge in [-0.2, -0.15) is 0 Å². The van der Waals surface area contributed by atoms with Crippen LogP contribution in [0.1, 0.15) is 107 Å². The van der Waals surface area contributed by atoms with Gasteiger partial charge in [-0.15, -0.1) is 0 Å². The van der Waals surface area contributed by atoms with E-state index in [0.29, 0.717) is 60.5 Å². The molecule has 0 saturated heterocycles. The molecule has 1 unspecified atom stereocenters. The molecule has 0 radical (unpaired) electrons. The minimum atomic E-state index is -1.33. The van der Waals surface area contributed by atoms with Gasteiger partial charge < -0.3 is 20.1 Å². The van der Waals surface area contributed by atoms with Gasteiger partial charge in [-0.1, -0.05) is 91.4 Å². The van der Waals surface area contributed by atoms with E-state index in [1.165, 1.54) is 7.11 Å². The summed E-state index contributed by atoms with van der Waals surface area (Å²) in [4.78, 5) is 50.7. The average molecular weight is 771 g/mol. The Morgan fingerprint density at radius 3 is 1.71 bits per heavy atom. The number of carbonyl (C=O) groups excluding carboxylic acids is 4. The number of methoxy groups -OCH3 is 1. The number of carbonyl (C=O) groups is 4. The van der Waals surface area contributed by atoms with Crippen LogP contribution in [0.25, 0.3) is 0 Å². The van der Waals surface area contributed by atoms with E-state index in [9.17, 15) is 19.2 Å². The highest BCUT2D eigenvalue weighted by Gasteiger charge is 2.33. The van der Waals surface area contributed by atoms with Crippen molar-refractivity contribution in [2.45, 2.75) is 103 Å². The van der Waals surface area contributed by atoms with Gasteiger partial charge in [0.05, 0.1) is 7.11 Å². The lowest BCUT2D eigenvalue weighted by Crippen LogP contribution is -2.52. The standard InChI is InChI=1S/C46H59ClN2O6/c1-5-6-7-8-9-10-11-12-13-14-15-16-17-18-19-20-21-22-23-27-42(50)48-36-25-24-26-41(44(52)54-4)49-45(53)46(2,3)55-40-34-30-38(31-35-40)43(51)37-28-32-39(47)33-29-37/h6-7,9-10,12-13,15-16,18-19,21-22,28-35,41H,5,8,11,14,17,20,23-27,36H2,1-4H3,(H,48,50)(H,49,53). The molecule has 0 aliphatic carbocycles. The second-order valence-corrected chi connectivity index (χ2v) is 13.8. The molecule has 9 heteroatoms. The largest absolute Gasteiger partial charge is 0.478 e. The molecule has 55 heavy (non-hydrogen) atoms. The van der Waals surface area contributed by atoms with Crippen LogP contribution in [0.5, 0.6) is 5.75 Å². The van der Waals surface area contributed by atoms with Crippen molar-refractivity contribution in [2.24, 2.45) is 0 Å². The molecule has 296 valence electrons. The second kappa shape index (κ2) is 27.6. The molecule has 2 rings (SSSR count). The van der Waals surface area contributed by atoms with Crippen LogP contribution in [-0.4, -0.2) is 48.9 Å². The van der Waals surface area contributed by atoms with Gasteiger partial charge >= 0.3 is 5.97 Å². The number of hydrogen-bond donors (Lipinski definition) is 2. The fourth-order valence-corrected chi connectivity index (χ4v) is 5.28. The number of ketones is 1. The minimum absolute atomic E-state index is 0.0290. The van der Waals surface area contributed by atoms with E-state index >= 15 is 0 Å². The van der Waals surface area contributed by atoms with Crippen LogP contribution in [0, 0.1) is 0 Å². The Bertz CT molecular complexity index is 1640. The Balaban J connectivity index is 1.62. The minimum Gasteiger partial charge on any atom is -0.478 e. The number of nitrogens with one attached hydrogen (secondary N) is 2. The molecule has 2 amide bonds. The first-order valence-corrected chi connectivity index (χ1v) is 19.6. The van der Waals surface area contributed by atoms with Gasteiger partial charge in [-0.3, -0.25) is 14.4 Å². The Morgan fingerprint density at radius 2 is 1.20 bits per heavy atom. The van der Waals surface area contributed by atoms with Crippen LogP contribution in [-0.2, 0) is 19.1 Å². The predicted octanol–water partition coefficient (Wildman–Crippen LogP) is 10.2. The zero-order valence-electron chi connectivity index (χ0n) is 32.9. The van der Waals surface area contributed by atoms with Crippen LogP contribution in [0.2, 0.25) is 5.02 Å². The zero-order valence-corrected chi connectivity index (χ0v) is 33.7. The van der Waals surface area contributed by atoms with Gasteiger partial charge in [0.25, 0.3) is 5.91 Å². The first-order valence-electron chi connectivity index (χ1n) is 19.2. The summed E-state index contributed by atoms with van der Waals surface area (Å²) < 4.78 is 10.9. The van der Waals surface area contributed by atoms with E-state index in [-0.39, 0.29) is 11.7 Å². The molecular weight excluding hydrogens is 712 g/mol. The highest BCUT2D eigenvalue weighted by Crippen LogP contribution is 2.22. The van der Waals surface area contributed by atoms with Crippen LogP contribution in [0.4, 0.5) is 0 Å². The Morgan fingerprint density at radius 1 is 0.709 bits per heavy atom. The third-order valence-electron chi connectivity index (χ3n) is 8.31. The van der Waals surface area contributed by atoms with Gasteiger partial charge in [-0.05, 0) is 127 Å². The van der Waals surface area contributed by atoms with Gasteiger partial charge in [0.15, 0.2) is 11.4 Å². The Hall–Kier alpha value is -4.95. The second-order valence-electron chi connectivity index (χ2n) is 13.3. The normalized spacial score (nSPS) is 12.7. The third kappa shape index (κ3) is 20.3. The summed E-state index contributed by atoms with van der Waals surface area (Å²) in [6, 6.07) is 12.3. The van der Waals surface area contributed by atoms with Crippen LogP contribution in [0.15, 0.2) is 121 Å². The van der Waals surface area contributed by atoms with E-state index in [1.54, 1.807) is 62.4 Å². The molecule has 0 aliphatic heterocycles. The van der Waals surface area contributed by atoms with Crippen molar-refractivity contribution in [3.05, 3.63) is 138 Å². The van der Waals surface area contributed by atoms with Crippen molar-refractivity contribution in [2.75, 3.05) is 13.7 Å². The molecule has 0 spiro atoms. The maximum absolute atomic E-state index is 13.2. The smallest absolute Gasteiger partial charge is 0.328 e. The molecule has 0 heterocycles. The molecule has 0 fully saturated rings. The number of amides is 2. The summed E-state index contributed by atoms with van der Waals surface area (Å²) in [6.45, 7) is 5.80. The summed E-state index contributed by atoms with van der Waals surface area (Å²) >= 11 is 5.92. The first-order chi connectivity index (χ1) is 26.6. The fraction of sp³-hybridized carbons (Fsp3) is 0.391. The number of esters is 1. The lowest BCUT2D eigenvalue weighted by molar-refractivity contribution is -0.147.